The molecule has 18 heavy (non-hydrogen) atoms. The summed E-state index contributed by atoms with van der Waals surface area (Å²) in [5, 5.41) is 16.2. The Hall–Kier alpha value is -1.41. The molecule has 0 heterocycles. The molecule has 5 nitrogen and oxygen atoms in total. The van der Waals surface area contributed by atoms with Crippen LogP contribution in [-0.4, -0.2) is 22.3 Å². The molecule has 0 aliphatic rings. The second-order valence-corrected chi connectivity index (χ2v) is 4.52. The van der Waals surface area contributed by atoms with Gasteiger partial charge in [-0.15, -0.1) is 0 Å². The lowest BCUT2D eigenvalue weighted by atomic mass is 10.2. The van der Waals surface area contributed by atoms with Crippen molar-refractivity contribution in [2.24, 2.45) is 0 Å². The zero-order valence-electron chi connectivity index (χ0n) is 9.67. The Balaban J connectivity index is 0.000000360. The smallest absolute Gasteiger partial charge is 0.367 e. The van der Waals surface area contributed by atoms with Crippen LogP contribution >= 0.6 is 22.6 Å². The third kappa shape index (κ3) is 6.36. The lowest BCUT2D eigenvalue weighted by Crippen LogP contribution is -2.03. The highest BCUT2D eigenvalue weighted by Crippen LogP contribution is 2.22. The molecule has 0 radical (unpaired) electrons. The Bertz CT molecular complexity index is 416. The molecule has 0 spiro atoms. The normalized spacial score (nSPS) is 10.6. The maximum atomic E-state index is 10.5. The molecule has 0 fully saturated rings. The molecule has 0 bridgehead atoms. The summed E-state index contributed by atoms with van der Waals surface area (Å²) >= 11 is 1.90. The van der Waals surface area contributed by atoms with Gasteiger partial charge in [-0.25, -0.2) is 4.79 Å². The predicted molar refractivity (Wildman–Crippen MR) is 74.4 cm³/mol. The standard InChI is InChI=1S/C8H7IO2.C4H6O3/c9-7(8(10)11)6-4-2-1-3-5-6;1-3(2)4(5)7-6/h1-5,7H,(H,10,11);6H,1H2,2H3. The van der Waals surface area contributed by atoms with Crippen LogP contribution in [0.15, 0.2) is 42.5 Å². The van der Waals surface area contributed by atoms with Crippen molar-refractivity contribution >= 4 is 34.5 Å². The first-order chi connectivity index (χ1) is 8.40. The van der Waals surface area contributed by atoms with Crippen molar-refractivity contribution in [1.29, 1.82) is 0 Å². The number of carbonyl (C=O) groups is 2. The van der Waals surface area contributed by atoms with Crippen molar-refractivity contribution in [2.75, 3.05) is 0 Å². The molecular formula is C12H13IO5. The van der Waals surface area contributed by atoms with Crippen LogP contribution in [0.5, 0.6) is 0 Å². The van der Waals surface area contributed by atoms with Crippen molar-refractivity contribution in [3.63, 3.8) is 0 Å². The molecule has 2 N–H and O–H groups in total. The second kappa shape index (κ2) is 8.65. The molecule has 1 unspecified atom stereocenters. The van der Waals surface area contributed by atoms with Gasteiger partial charge in [-0.1, -0.05) is 59.5 Å². The largest absolute Gasteiger partial charge is 0.480 e. The minimum Gasteiger partial charge on any atom is -0.480 e. The van der Waals surface area contributed by atoms with E-state index in [1.54, 1.807) is 0 Å². The quantitative estimate of drug-likeness (QED) is 0.283. The van der Waals surface area contributed by atoms with E-state index >= 15 is 0 Å². The number of halogens is 1. The Kier molecular flexibility index (Phi) is 7.97. The predicted octanol–water partition coefficient (Wildman–Crippen LogP) is 2.83. The van der Waals surface area contributed by atoms with Gasteiger partial charge in [-0.05, 0) is 12.5 Å². The van der Waals surface area contributed by atoms with Crippen molar-refractivity contribution in [2.45, 2.75) is 10.8 Å². The fourth-order valence-corrected chi connectivity index (χ4v) is 1.26. The molecule has 0 saturated heterocycles. The van der Waals surface area contributed by atoms with Crippen LogP contribution in [0.25, 0.3) is 0 Å². The van der Waals surface area contributed by atoms with E-state index in [0.717, 1.165) is 5.56 Å². The van der Waals surface area contributed by atoms with Crippen molar-refractivity contribution < 1.29 is 24.8 Å². The Morgan fingerprint density at radius 3 is 2.11 bits per heavy atom. The summed E-state index contributed by atoms with van der Waals surface area (Å²) in [5.41, 5.74) is 1.02. The van der Waals surface area contributed by atoms with Gasteiger partial charge in [0.15, 0.2) is 0 Å². The van der Waals surface area contributed by atoms with Crippen LogP contribution in [-0.2, 0) is 14.5 Å². The molecule has 0 amide bonds. The van der Waals surface area contributed by atoms with Crippen molar-refractivity contribution in [1.82, 2.24) is 0 Å². The number of carbonyl (C=O) groups excluding carboxylic acids is 1. The molecule has 0 aromatic heterocycles. The maximum absolute atomic E-state index is 10.5. The Labute approximate surface area is 118 Å². The van der Waals surface area contributed by atoms with Gasteiger partial charge in [-0.3, -0.25) is 9.68 Å². The zero-order valence-corrected chi connectivity index (χ0v) is 11.8. The van der Waals surface area contributed by atoms with Gasteiger partial charge in [0.05, 0.1) is 0 Å². The van der Waals surface area contributed by atoms with Crippen LogP contribution in [0.1, 0.15) is 16.4 Å². The Morgan fingerprint density at radius 1 is 1.33 bits per heavy atom. The SMILES string of the molecule is C=C(C)C(=O)OO.O=C(O)C(I)c1ccccc1. The van der Waals surface area contributed by atoms with Gasteiger partial charge >= 0.3 is 11.9 Å². The summed E-state index contributed by atoms with van der Waals surface area (Å²) in [6.07, 6.45) is 0. The summed E-state index contributed by atoms with van der Waals surface area (Å²) < 4.78 is -0.436. The number of rotatable bonds is 3. The first kappa shape index (κ1) is 16.6. The van der Waals surface area contributed by atoms with Gasteiger partial charge in [0.2, 0.25) is 0 Å². The molecule has 1 rings (SSSR count). The van der Waals surface area contributed by atoms with Gasteiger partial charge in [0, 0.05) is 5.57 Å². The molecule has 98 valence electrons. The van der Waals surface area contributed by atoms with E-state index in [1.807, 2.05) is 52.9 Å². The molecule has 6 heteroatoms. The monoisotopic (exact) mass is 364 g/mol. The minimum atomic E-state index is -0.795. The fourth-order valence-electron chi connectivity index (χ4n) is 0.842. The zero-order chi connectivity index (χ0) is 14.1. The summed E-state index contributed by atoms with van der Waals surface area (Å²) in [6.45, 7) is 4.63. The van der Waals surface area contributed by atoms with E-state index in [0.29, 0.717) is 0 Å². The van der Waals surface area contributed by atoms with E-state index in [2.05, 4.69) is 11.5 Å². The molecule has 0 saturated carbocycles. The first-order valence-corrected chi connectivity index (χ1v) is 6.07. The van der Waals surface area contributed by atoms with E-state index in [9.17, 15) is 9.59 Å². The molecule has 0 aliphatic heterocycles. The molecular weight excluding hydrogens is 351 g/mol. The van der Waals surface area contributed by atoms with Crippen LogP contribution in [0, 0.1) is 0 Å². The van der Waals surface area contributed by atoms with E-state index in [-0.39, 0.29) is 5.57 Å². The van der Waals surface area contributed by atoms with Crippen molar-refractivity contribution in [3.05, 3.63) is 48.0 Å². The van der Waals surface area contributed by atoms with Gasteiger partial charge in [-0.2, -0.15) is 5.26 Å². The lowest BCUT2D eigenvalue weighted by Gasteiger charge is -2.02. The molecule has 1 aromatic rings. The minimum absolute atomic E-state index is 0.183. The van der Waals surface area contributed by atoms with Crippen LogP contribution in [0.2, 0.25) is 0 Å². The van der Waals surface area contributed by atoms with E-state index < -0.39 is 15.9 Å². The van der Waals surface area contributed by atoms with E-state index in [4.69, 9.17) is 10.4 Å². The van der Waals surface area contributed by atoms with Crippen LogP contribution in [0.4, 0.5) is 0 Å². The molecule has 0 aliphatic carbocycles. The highest BCUT2D eigenvalue weighted by molar-refractivity contribution is 14.1. The third-order valence-electron chi connectivity index (χ3n) is 1.74. The number of carboxylic acid groups (broad SMARTS) is 1. The number of benzene rings is 1. The number of alkyl halides is 1. The van der Waals surface area contributed by atoms with Gasteiger partial charge < -0.3 is 5.11 Å². The number of hydrogen-bond acceptors (Lipinski definition) is 4. The van der Waals surface area contributed by atoms with Crippen molar-refractivity contribution in [3.8, 4) is 0 Å². The highest BCUT2D eigenvalue weighted by atomic mass is 127. The van der Waals surface area contributed by atoms with Gasteiger partial charge in [0.1, 0.15) is 3.92 Å². The fraction of sp³-hybridized carbons (Fsp3) is 0.167. The number of hydrogen-bond donors (Lipinski definition) is 2. The highest BCUT2D eigenvalue weighted by Gasteiger charge is 2.13. The maximum Gasteiger partial charge on any atom is 0.367 e. The number of carboxylic acids is 1. The number of aliphatic carboxylic acids is 1. The summed E-state index contributed by atoms with van der Waals surface area (Å²) in [7, 11) is 0. The van der Waals surface area contributed by atoms with Gasteiger partial charge in [0.25, 0.3) is 0 Å². The molecule has 1 atom stereocenters. The van der Waals surface area contributed by atoms with E-state index in [1.165, 1.54) is 6.92 Å². The average Bonchev–Trinajstić information content (AvgIpc) is 2.38. The topological polar surface area (TPSA) is 83.8 Å². The Morgan fingerprint density at radius 2 is 1.83 bits per heavy atom. The summed E-state index contributed by atoms with van der Waals surface area (Å²) in [6, 6.07) is 9.17. The lowest BCUT2D eigenvalue weighted by molar-refractivity contribution is -0.229. The first-order valence-electron chi connectivity index (χ1n) is 4.83. The molecule has 1 aromatic carbocycles. The summed E-state index contributed by atoms with van der Waals surface area (Å²) in [4.78, 5) is 23.7. The second-order valence-electron chi connectivity index (χ2n) is 3.27. The van der Waals surface area contributed by atoms with Crippen LogP contribution < -0.4 is 0 Å². The third-order valence-corrected chi connectivity index (χ3v) is 2.99. The summed E-state index contributed by atoms with van der Waals surface area (Å²) in [5.74, 6) is -1.59. The van der Waals surface area contributed by atoms with Crippen LogP contribution in [0.3, 0.4) is 0 Å². The average molecular weight is 364 g/mol.